The molecule has 1 spiro atoms. The minimum absolute atomic E-state index is 0.158. The quantitative estimate of drug-likeness (QED) is 0.269. The fraction of sp³-hybridized carbons (Fsp3) is 0.258. The minimum atomic E-state index is -1.53. The van der Waals surface area contributed by atoms with E-state index in [1.54, 1.807) is 49.6 Å². The molecule has 40 heavy (non-hydrogen) atoms. The van der Waals surface area contributed by atoms with Crippen molar-refractivity contribution in [1.29, 1.82) is 0 Å². The van der Waals surface area contributed by atoms with Crippen molar-refractivity contribution in [2.24, 2.45) is 0 Å². The molecule has 0 bridgehead atoms. The maximum Gasteiger partial charge on any atom is 0.280 e. The summed E-state index contributed by atoms with van der Waals surface area (Å²) in [5.41, 5.74) is 2.68. The third kappa shape index (κ3) is 3.61. The van der Waals surface area contributed by atoms with E-state index in [1.807, 2.05) is 36.6 Å². The Labute approximate surface area is 242 Å². The lowest BCUT2D eigenvalue weighted by Gasteiger charge is -2.35. The number of ether oxygens (including phenoxy) is 1. The third-order valence-electron chi connectivity index (χ3n) is 7.66. The Hall–Kier alpha value is -3.81. The molecule has 3 heterocycles. The molecule has 1 aromatic heterocycles. The first-order chi connectivity index (χ1) is 19.1. The van der Waals surface area contributed by atoms with Crippen LogP contribution in [-0.2, 0) is 10.3 Å². The van der Waals surface area contributed by atoms with Gasteiger partial charge in [-0.05, 0) is 67.8 Å². The van der Waals surface area contributed by atoms with Crippen molar-refractivity contribution in [2.45, 2.75) is 45.2 Å². The number of halogens is 2. The third-order valence-corrected chi connectivity index (χ3v) is 8.13. The lowest BCUT2D eigenvalue weighted by molar-refractivity contribution is -0.119. The largest absolute Gasteiger partial charge is 0.496 e. The molecule has 1 unspecified atom stereocenters. The van der Waals surface area contributed by atoms with Crippen molar-refractivity contribution in [1.82, 2.24) is 9.55 Å². The van der Waals surface area contributed by atoms with Crippen LogP contribution in [0.4, 0.5) is 11.4 Å². The first kappa shape index (κ1) is 26.4. The van der Waals surface area contributed by atoms with Gasteiger partial charge in [0.15, 0.2) is 11.2 Å². The molecular formula is C31H28Cl2N4O3. The number of imidazole rings is 1. The smallest absolute Gasteiger partial charge is 0.280 e. The first-order valence-electron chi connectivity index (χ1n) is 13.1. The average molecular weight is 575 g/mol. The molecule has 0 fully saturated rings. The van der Waals surface area contributed by atoms with Crippen LogP contribution in [0.15, 0.2) is 60.7 Å². The highest BCUT2D eigenvalue weighted by molar-refractivity contribution is 6.32. The van der Waals surface area contributed by atoms with E-state index in [-0.39, 0.29) is 17.6 Å². The number of hydrogen-bond acceptors (Lipinski definition) is 4. The van der Waals surface area contributed by atoms with Crippen molar-refractivity contribution in [3.8, 4) is 17.1 Å². The summed E-state index contributed by atoms with van der Waals surface area (Å²) >= 11 is 12.7. The number of aromatic nitrogens is 2. The van der Waals surface area contributed by atoms with Crippen LogP contribution >= 0.6 is 23.2 Å². The van der Waals surface area contributed by atoms with E-state index in [0.717, 1.165) is 11.1 Å². The highest BCUT2D eigenvalue weighted by atomic mass is 35.5. The van der Waals surface area contributed by atoms with Crippen LogP contribution in [0.5, 0.6) is 5.75 Å². The average Bonchev–Trinajstić information content (AvgIpc) is 3.52. The van der Waals surface area contributed by atoms with Gasteiger partial charge in [0, 0.05) is 33.0 Å². The van der Waals surface area contributed by atoms with Crippen LogP contribution in [0, 0.1) is 0 Å². The second kappa shape index (κ2) is 9.39. The molecule has 1 N–H and O–H groups in total. The number of anilines is 2. The molecule has 0 aliphatic carbocycles. The van der Waals surface area contributed by atoms with Gasteiger partial charge < -0.3 is 14.6 Å². The van der Waals surface area contributed by atoms with Crippen LogP contribution < -0.4 is 15.0 Å². The van der Waals surface area contributed by atoms with Gasteiger partial charge in [0.25, 0.3) is 11.8 Å². The Balaban J connectivity index is 1.70. The fourth-order valence-corrected chi connectivity index (χ4v) is 6.25. The summed E-state index contributed by atoms with van der Waals surface area (Å²) in [6, 6.07) is 18.0. The van der Waals surface area contributed by atoms with Gasteiger partial charge >= 0.3 is 0 Å². The van der Waals surface area contributed by atoms with E-state index in [0.29, 0.717) is 50.2 Å². The van der Waals surface area contributed by atoms with Gasteiger partial charge in [-0.3, -0.25) is 14.5 Å². The van der Waals surface area contributed by atoms with Crippen LogP contribution in [0.25, 0.3) is 11.4 Å². The minimum Gasteiger partial charge on any atom is -0.496 e. The fourth-order valence-electron chi connectivity index (χ4n) is 5.89. The van der Waals surface area contributed by atoms with Gasteiger partial charge in [0.2, 0.25) is 0 Å². The van der Waals surface area contributed by atoms with Crippen molar-refractivity contribution in [3.05, 3.63) is 93.2 Å². The Morgan fingerprint density at radius 1 is 0.950 bits per heavy atom. The second-order valence-corrected chi connectivity index (χ2v) is 11.6. The second-order valence-electron chi connectivity index (χ2n) is 10.7. The number of nitrogens with one attached hydrogen (secondary N) is 1. The lowest BCUT2D eigenvalue weighted by atomic mass is 9.87. The summed E-state index contributed by atoms with van der Waals surface area (Å²) in [4.78, 5) is 35.1. The molecule has 4 aromatic rings. The number of carbonyl (C=O) groups excluding carboxylic acids is 2. The van der Waals surface area contributed by atoms with Crippen molar-refractivity contribution in [2.75, 3.05) is 17.3 Å². The van der Waals surface area contributed by atoms with Gasteiger partial charge in [0.1, 0.15) is 11.6 Å². The molecule has 1 atom stereocenters. The highest BCUT2D eigenvalue weighted by Gasteiger charge is 2.64. The van der Waals surface area contributed by atoms with Crippen molar-refractivity contribution in [3.63, 3.8) is 0 Å². The summed E-state index contributed by atoms with van der Waals surface area (Å²) in [6.07, 6.45) is 0. The molecule has 7 nitrogen and oxygen atoms in total. The van der Waals surface area contributed by atoms with Crippen LogP contribution in [-0.4, -0.2) is 28.5 Å². The van der Waals surface area contributed by atoms with E-state index in [2.05, 4.69) is 19.2 Å². The number of amides is 2. The summed E-state index contributed by atoms with van der Waals surface area (Å²) in [5.74, 6) is 0.745. The van der Waals surface area contributed by atoms with Crippen molar-refractivity contribution >= 4 is 46.4 Å². The van der Waals surface area contributed by atoms with E-state index in [4.69, 9.17) is 32.9 Å². The molecule has 2 aliphatic heterocycles. The number of hydrogen-bond donors (Lipinski definition) is 1. The predicted octanol–water partition coefficient (Wildman–Crippen LogP) is 7.43. The van der Waals surface area contributed by atoms with Crippen LogP contribution in [0.3, 0.4) is 0 Å². The number of carbonyl (C=O) groups is 2. The molecule has 204 valence electrons. The molecule has 3 aromatic carbocycles. The summed E-state index contributed by atoms with van der Waals surface area (Å²) < 4.78 is 7.79. The maximum absolute atomic E-state index is 14.4. The first-order valence-corrected chi connectivity index (χ1v) is 13.9. The van der Waals surface area contributed by atoms with E-state index in [1.165, 1.54) is 4.90 Å². The zero-order valence-corrected chi connectivity index (χ0v) is 24.3. The molecule has 2 amide bonds. The van der Waals surface area contributed by atoms with Gasteiger partial charge in [-0.15, -0.1) is 0 Å². The zero-order valence-electron chi connectivity index (χ0n) is 22.8. The monoisotopic (exact) mass is 574 g/mol. The summed E-state index contributed by atoms with van der Waals surface area (Å²) in [5, 5.41) is 3.91. The van der Waals surface area contributed by atoms with E-state index >= 15 is 0 Å². The maximum atomic E-state index is 14.4. The number of fused-ring (bicyclic) bond motifs is 4. The van der Waals surface area contributed by atoms with Gasteiger partial charge in [-0.25, -0.2) is 4.98 Å². The Kier molecular flexibility index (Phi) is 6.20. The van der Waals surface area contributed by atoms with Crippen LogP contribution in [0.2, 0.25) is 10.0 Å². The summed E-state index contributed by atoms with van der Waals surface area (Å²) in [6.45, 7) is 8.26. The molecular weight excluding hydrogens is 547 g/mol. The SMILES string of the molecule is COc1cc(C(C)C)ccc1-c1nc2c(n1C(C)C)C1(C(=O)Nc3cc(Cl)ccc31)N(c1cccc(Cl)c1)C2=O. The molecule has 2 aliphatic rings. The molecule has 0 saturated carbocycles. The number of nitrogens with zero attached hydrogens (tertiary/aromatic N) is 3. The lowest BCUT2D eigenvalue weighted by Crippen LogP contribution is -2.51. The molecule has 0 radical (unpaired) electrons. The zero-order chi connectivity index (χ0) is 28.5. The normalized spacial score (nSPS) is 17.7. The van der Waals surface area contributed by atoms with Gasteiger partial charge in [-0.1, -0.05) is 55.2 Å². The number of rotatable bonds is 5. The molecule has 0 saturated heterocycles. The van der Waals surface area contributed by atoms with Crippen LogP contribution in [0.1, 0.15) is 67.0 Å². The number of methoxy groups -OCH3 is 1. The van der Waals surface area contributed by atoms with Crippen molar-refractivity contribution < 1.29 is 14.3 Å². The molecule has 9 heteroatoms. The molecule has 6 rings (SSSR count). The van der Waals surface area contributed by atoms with E-state index < -0.39 is 11.4 Å². The predicted molar refractivity (Wildman–Crippen MR) is 158 cm³/mol. The van der Waals surface area contributed by atoms with E-state index in [9.17, 15) is 9.59 Å². The number of benzene rings is 3. The Morgan fingerprint density at radius 2 is 1.70 bits per heavy atom. The topological polar surface area (TPSA) is 76.5 Å². The highest BCUT2D eigenvalue weighted by Crippen LogP contribution is 2.54. The van der Waals surface area contributed by atoms with Gasteiger partial charge in [0.05, 0.1) is 18.4 Å². The Morgan fingerprint density at radius 3 is 2.38 bits per heavy atom. The Bertz CT molecular complexity index is 1710. The van der Waals surface area contributed by atoms with Gasteiger partial charge in [-0.2, -0.15) is 0 Å². The standard InChI is InChI=1S/C31H28Cl2N4O3/c1-16(2)18-9-11-22(25(13-18)40-5)28-35-26-27(36(28)17(3)4)31(23-12-10-20(33)15-24(23)34-30(31)39)37(29(26)38)21-8-6-7-19(32)14-21/h6-17H,1-5H3,(H,34,39). The summed E-state index contributed by atoms with van der Waals surface area (Å²) in [7, 11) is 1.62.